The first-order valence-corrected chi connectivity index (χ1v) is 7.89. The number of hydrogen-bond acceptors (Lipinski definition) is 6. The first kappa shape index (κ1) is 17.3. The lowest BCUT2D eigenvalue weighted by Gasteiger charge is -2.12. The van der Waals surface area contributed by atoms with Crippen molar-refractivity contribution in [2.45, 2.75) is 12.5 Å². The minimum atomic E-state index is 0. The molecule has 0 spiro atoms. The van der Waals surface area contributed by atoms with E-state index in [0.29, 0.717) is 11.7 Å². The van der Waals surface area contributed by atoms with Crippen LogP contribution in [0.5, 0.6) is 11.5 Å². The van der Waals surface area contributed by atoms with E-state index in [9.17, 15) is 5.11 Å². The fourth-order valence-electron chi connectivity index (χ4n) is 2.67. The van der Waals surface area contributed by atoms with Gasteiger partial charge in [-0.2, -0.15) is 4.98 Å². The van der Waals surface area contributed by atoms with Gasteiger partial charge in [-0.1, -0.05) is 5.16 Å². The molecule has 2 N–H and O–H groups in total. The fourth-order valence-corrected chi connectivity index (χ4v) is 2.67. The van der Waals surface area contributed by atoms with Gasteiger partial charge in [0.15, 0.2) is 0 Å². The molecule has 3 aromatic rings. The average molecular weight is 360 g/mol. The van der Waals surface area contributed by atoms with Gasteiger partial charge in [0, 0.05) is 17.7 Å². The molecule has 130 valence electrons. The number of aromatic hydroxyl groups is 1. The van der Waals surface area contributed by atoms with E-state index in [-0.39, 0.29) is 24.3 Å². The number of halogens is 1. The lowest BCUT2D eigenvalue weighted by atomic mass is 10.2. The molecule has 1 aliphatic rings. The Hall–Kier alpha value is -2.57. The van der Waals surface area contributed by atoms with Crippen molar-refractivity contribution in [3.8, 4) is 34.3 Å². The van der Waals surface area contributed by atoms with Gasteiger partial charge in [-0.3, -0.25) is 0 Å². The first-order chi connectivity index (χ1) is 11.8. The van der Waals surface area contributed by atoms with Gasteiger partial charge in [-0.25, -0.2) is 0 Å². The highest BCUT2D eigenvalue weighted by atomic mass is 35.5. The van der Waals surface area contributed by atoms with Crippen molar-refractivity contribution in [3.05, 3.63) is 48.5 Å². The van der Waals surface area contributed by atoms with Crippen LogP contribution in [0.3, 0.4) is 0 Å². The van der Waals surface area contributed by atoms with E-state index < -0.39 is 0 Å². The lowest BCUT2D eigenvalue weighted by molar-refractivity contribution is 0.223. The Bertz CT molecular complexity index is 812. The van der Waals surface area contributed by atoms with Crippen LogP contribution in [0.2, 0.25) is 0 Å². The van der Waals surface area contributed by atoms with Crippen LogP contribution in [0.1, 0.15) is 6.42 Å². The summed E-state index contributed by atoms with van der Waals surface area (Å²) in [6.07, 6.45) is 1.27. The molecule has 6 nitrogen and oxygen atoms in total. The maximum absolute atomic E-state index is 9.33. The molecule has 1 aliphatic heterocycles. The second-order valence-electron chi connectivity index (χ2n) is 5.73. The molecule has 1 unspecified atom stereocenters. The van der Waals surface area contributed by atoms with Gasteiger partial charge < -0.3 is 19.7 Å². The van der Waals surface area contributed by atoms with Crippen molar-refractivity contribution in [2.24, 2.45) is 0 Å². The van der Waals surface area contributed by atoms with Crippen molar-refractivity contribution < 1.29 is 14.4 Å². The number of hydrogen-bond donors (Lipinski definition) is 2. The van der Waals surface area contributed by atoms with Gasteiger partial charge in [0.2, 0.25) is 5.82 Å². The van der Waals surface area contributed by atoms with Crippen LogP contribution in [0, 0.1) is 0 Å². The minimum absolute atomic E-state index is 0. The molecule has 2 aromatic carbocycles. The predicted octanol–water partition coefficient (Wildman–Crippen LogP) is 3.27. The molecule has 1 saturated heterocycles. The summed E-state index contributed by atoms with van der Waals surface area (Å²) in [6.45, 7) is 1.90. The Kier molecular flexibility index (Phi) is 5.21. The summed E-state index contributed by atoms with van der Waals surface area (Å²) in [4.78, 5) is 4.40. The Morgan fingerprint density at radius 1 is 1.04 bits per heavy atom. The van der Waals surface area contributed by atoms with Crippen molar-refractivity contribution in [1.29, 1.82) is 0 Å². The van der Waals surface area contributed by atoms with Gasteiger partial charge in [0.05, 0.1) is 0 Å². The maximum Gasteiger partial charge on any atom is 0.258 e. The molecule has 1 aromatic heterocycles. The number of nitrogens with one attached hydrogen (secondary N) is 1. The molecular weight excluding hydrogens is 342 g/mol. The molecule has 0 saturated carbocycles. The van der Waals surface area contributed by atoms with E-state index in [0.717, 1.165) is 36.4 Å². The van der Waals surface area contributed by atoms with Crippen LogP contribution < -0.4 is 10.1 Å². The third kappa shape index (κ3) is 3.92. The maximum atomic E-state index is 9.33. The van der Waals surface area contributed by atoms with Gasteiger partial charge in [-0.05, 0) is 61.5 Å². The van der Waals surface area contributed by atoms with Gasteiger partial charge >= 0.3 is 0 Å². The number of benzene rings is 2. The average Bonchev–Trinajstić information content (AvgIpc) is 3.28. The summed E-state index contributed by atoms with van der Waals surface area (Å²) < 4.78 is 11.2. The summed E-state index contributed by atoms with van der Waals surface area (Å²) in [7, 11) is 0. The third-order valence-electron chi connectivity index (χ3n) is 3.97. The van der Waals surface area contributed by atoms with Crippen molar-refractivity contribution in [1.82, 2.24) is 15.5 Å². The van der Waals surface area contributed by atoms with Crippen molar-refractivity contribution in [2.75, 3.05) is 13.1 Å². The monoisotopic (exact) mass is 359 g/mol. The van der Waals surface area contributed by atoms with Crippen LogP contribution >= 0.6 is 12.4 Å². The molecule has 2 heterocycles. The molecule has 4 rings (SSSR count). The molecule has 0 aliphatic carbocycles. The smallest absolute Gasteiger partial charge is 0.258 e. The Labute approximate surface area is 151 Å². The summed E-state index contributed by atoms with van der Waals surface area (Å²) in [5.74, 6) is 1.98. The number of aromatic nitrogens is 2. The Morgan fingerprint density at radius 3 is 2.44 bits per heavy atom. The fraction of sp³-hybridized carbons (Fsp3) is 0.222. The zero-order valence-corrected chi connectivity index (χ0v) is 14.2. The topological polar surface area (TPSA) is 80.4 Å². The highest BCUT2D eigenvalue weighted by Crippen LogP contribution is 2.25. The third-order valence-corrected chi connectivity index (χ3v) is 3.97. The number of ether oxygens (including phenoxy) is 1. The minimum Gasteiger partial charge on any atom is -0.508 e. The van der Waals surface area contributed by atoms with Gasteiger partial charge in [0.25, 0.3) is 5.89 Å². The normalized spacial score (nSPS) is 16.4. The predicted molar refractivity (Wildman–Crippen MR) is 96.0 cm³/mol. The number of nitrogens with zero attached hydrogens (tertiary/aromatic N) is 2. The SMILES string of the molecule is Cl.Oc1ccc(-c2nc(-c3ccc(OC4CCNC4)cc3)no2)cc1. The van der Waals surface area contributed by atoms with Crippen LogP contribution in [0.25, 0.3) is 22.8 Å². The molecule has 0 radical (unpaired) electrons. The molecule has 1 atom stereocenters. The molecule has 25 heavy (non-hydrogen) atoms. The Balaban J connectivity index is 0.00000182. The van der Waals surface area contributed by atoms with Gasteiger partial charge in [-0.15, -0.1) is 12.4 Å². The molecule has 0 bridgehead atoms. The van der Waals surface area contributed by atoms with Crippen molar-refractivity contribution >= 4 is 12.4 Å². The molecule has 1 fully saturated rings. The van der Waals surface area contributed by atoms with Crippen LogP contribution in [-0.2, 0) is 0 Å². The second kappa shape index (κ2) is 7.55. The summed E-state index contributed by atoms with van der Waals surface area (Å²) in [5.41, 5.74) is 1.63. The molecule has 7 heteroatoms. The van der Waals surface area contributed by atoms with E-state index in [2.05, 4.69) is 15.5 Å². The highest BCUT2D eigenvalue weighted by molar-refractivity contribution is 5.85. The number of phenolic OH excluding ortho intramolecular Hbond substituents is 1. The van der Waals surface area contributed by atoms with Crippen molar-refractivity contribution in [3.63, 3.8) is 0 Å². The second-order valence-corrected chi connectivity index (χ2v) is 5.73. The lowest BCUT2D eigenvalue weighted by Crippen LogP contribution is -2.19. The Morgan fingerprint density at radius 2 is 1.76 bits per heavy atom. The van der Waals surface area contributed by atoms with E-state index in [1.807, 2.05) is 24.3 Å². The zero-order chi connectivity index (χ0) is 16.4. The molecule has 0 amide bonds. The van der Waals surface area contributed by atoms with Crippen LogP contribution in [0.4, 0.5) is 0 Å². The highest BCUT2D eigenvalue weighted by Gasteiger charge is 2.16. The van der Waals surface area contributed by atoms with E-state index in [1.54, 1.807) is 24.3 Å². The quantitative estimate of drug-likeness (QED) is 0.744. The van der Waals surface area contributed by atoms with Crippen LogP contribution in [0.15, 0.2) is 53.1 Å². The van der Waals surface area contributed by atoms with E-state index in [1.165, 1.54) is 0 Å². The summed E-state index contributed by atoms with van der Waals surface area (Å²) in [5, 5.41) is 16.6. The number of phenols is 1. The standard InChI is InChI=1S/C18H17N3O3.ClH/c22-14-5-1-13(2-6-14)18-20-17(21-24-18)12-3-7-15(8-4-12)23-16-9-10-19-11-16;/h1-8,16,19,22H,9-11H2;1H. The van der Waals surface area contributed by atoms with Crippen LogP contribution in [-0.4, -0.2) is 34.4 Å². The van der Waals surface area contributed by atoms with E-state index in [4.69, 9.17) is 9.26 Å². The summed E-state index contributed by atoms with van der Waals surface area (Å²) >= 11 is 0. The van der Waals surface area contributed by atoms with E-state index >= 15 is 0 Å². The summed E-state index contributed by atoms with van der Waals surface area (Å²) in [6, 6.07) is 14.3. The zero-order valence-electron chi connectivity index (χ0n) is 13.4. The first-order valence-electron chi connectivity index (χ1n) is 7.89. The number of rotatable bonds is 4. The largest absolute Gasteiger partial charge is 0.508 e. The van der Waals surface area contributed by atoms with Gasteiger partial charge in [0.1, 0.15) is 17.6 Å². The molecular formula is C18H18ClN3O3.